The lowest BCUT2D eigenvalue weighted by Crippen LogP contribution is -2.46. The van der Waals surface area contributed by atoms with Gasteiger partial charge in [-0.2, -0.15) is 0 Å². The molecule has 37 heavy (non-hydrogen) atoms. The van der Waals surface area contributed by atoms with Crippen molar-refractivity contribution in [1.82, 2.24) is 4.90 Å². The highest BCUT2D eigenvalue weighted by molar-refractivity contribution is 6.18. The number of piperidine rings is 2. The first kappa shape index (κ1) is 25.8. The molecule has 0 amide bonds. The maximum absolute atomic E-state index is 13.7. The fourth-order valence-corrected chi connectivity index (χ4v) is 6.16. The van der Waals surface area contributed by atoms with E-state index in [-0.39, 0.29) is 11.6 Å². The Labute approximate surface area is 225 Å². The standard InChI is InChI=1S/C32H36ClFN2O/c1-35-20-15-32(16-21-35)17-22-36(23-18-32)28-10-4-25(5-11-28)31(26-6-12-29(37)13-7-26)30(14-19-33)24-2-8-27(34)9-3-24/h2-13,37H,14-23H2,1H3/b31-30+. The highest BCUT2D eigenvalue weighted by Crippen LogP contribution is 2.42. The minimum absolute atomic E-state index is 0.228. The summed E-state index contributed by atoms with van der Waals surface area (Å²) in [5.41, 5.74) is 6.95. The van der Waals surface area contributed by atoms with Gasteiger partial charge in [0.2, 0.25) is 0 Å². The molecule has 5 heteroatoms. The van der Waals surface area contributed by atoms with Crippen molar-refractivity contribution in [2.45, 2.75) is 32.1 Å². The predicted octanol–water partition coefficient (Wildman–Crippen LogP) is 7.43. The number of aromatic hydroxyl groups is 1. The predicted molar refractivity (Wildman–Crippen MR) is 153 cm³/mol. The van der Waals surface area contributed by atoms with Crippen LogP contribution in [-0.2, 0) is 0 Å². The van der Waals surface area contributed by atoms with Crippen LogP contribution in [0.2, 0.25) is 0 Å². The van der Waals surface area contributed by atoms with E-state index in [1.54, 1.807) is 12.1 Å². The summed E-state index contributed by atoms with van der Waals surface area (Å²) in [7, 11) is 2.24. The van der Waals surface area contributed by atoms with E-state index in [0.717, 1.165) is 40.9 Å². The van der Waals surface area contributed by atoms with E-state index >= 15 is 0 Å². The number of anilines is 1. The Kier molecular flexibility index (Phi) is 7.87. The molecule has 0 aromatic heterocycles. The van der Waals surface area contributed by atoms with Crippen molar-refractivity contribution in [3.8, 4) is 5.75 Å². The first-order valence-corrected chi connectivity index (χ1v) is 13.9. The summed E-state index contributed by atoms with van der Waals surface area (Å²) in [6, 6.07) is 22.7. The zero-order valence-corrected chi connectivity index (χ0v) is 22.4. The van der Waals surface area contributed by atoms with E-state index in [0.29, 0.717) is 17.7 Å². The molecule has 0 saturated carbocycles. The van der Waals surface area contributed by atoms with Gasteiger partial charge in [-0.05, 0) is 122 Å². The Morgan fingerprint density at radius 3 is 1.86 bits per heavy atom. The minimum Gasteiger partial charge on any atom is -0.508 e. The molecule has 0 radical (unpaired) electrons. The summed E-state index contributed by atoms with van der Waals surface area (Å²) >= 11 is 6.26. The van der Waals surface area contributed by atoms with Crippen LogP contribution in [0.3, 0.4) is 0 Å². The lowest BCUT2D eigenvalue weighted by atomic mass is 9.71. The molecule has 3 aromatic rings. The maximum Gasteiger partial charge on any atom is 0.123 e. The SMILES string of the molecule is CN1CCC2(CC1)CCN(c1ccc(/C(=C(/CCCl)c3ccc(F)cc3)c3ccc(O)cc3)cc1)CC2. The van der Waals surface area contributed by atoms with Crippen molar-refractivity contribution >= 4 is 28.4 Å². The average Bonchev–Trinajstić information content (AvgIpc) is 2.93. The number of halogens is 2. The fraction of sp³-hybridized carbons (Fsp3) is 0.375. The van der Waals surface area contributed by atoms with Gasteiger partial charge < -0.3 is 14.9 Å². The molecule has 0 aliphatic carbocycles. The molecular weight excluding hydrogens is 483 g/mol. The number of hydrogen-bond acceptors (Lipinski definition) is 3. The van der Waals surface area contributed by atoms with Gasteiger partial charge in [-0.15, -0.1) is 11.6 Å². The van der Waals surface area contributed by atoms with Crippen LogP contribution < -0.4 is 4.90 Å². The van der Waals surface area contributed by atoms with Crippen LogP contribution >= 0.6 is 11.6 Å². The molecule has 2 aliphatic heterocycles. The third-order valence-electron chi connectivity index (χ3n) is 8.39. The van der Waals surface area contributed by atoms with E-state index in [4.69, 9.17) is 11.6 Å². The molecule has 0 bridgehead atoms. The molecule has 2 heterocycles. The Hall–Kier alpha value is -2.82. The van der Waals surface area contributed by atoms with Crippen molar-refractivity contribution in [3.63, 3.8) is 0 Å². The third kappa shape index (κ3) is 5.86. The van der Waals surface area contributed by atoms with Gasteiger partial charge in [0.15, 0.2) is 0 Å². The van der Waals surface area contributed by atoms with Crippen molar-refractivity contribution in [1.29, 1.82) is 0 Å². The average molecular weight is 519 g/mol. The fourth-order valence-electron chi connectivity index (χ4n) is 5.97. The van der Waals surface area contributed by atoms with Crippen molar-refractivity contribution in [2.24, 2.45) is 5.41 Å². The van der Waals surface area contributed by atoms with Gasteiger partial charge in [0.25, 0.3) is 0 Å². The van der Waals surface area contributed by atoms with Crippen molar-refractivity contribution in [3.05, 3.63) is 95.3 Å². The van der Waals surface area contributed by atoms with Crippen LogP contribution in [0, 0.1) is 11.2 Å². The summed E-state index contributed by atoms with van der Waals surface area (Å²) in [5.74, 6) is 0.428. The molecule has 2 aliphatic rings. The topological polar surface area (TPSA) is 26.7 Å². The number of hydrogen-bond donors (Lipinski definition) is 1. The molecule has 2 fully saturated rings. The number of likely N-dealkylation sites (tertiary alicyclic amines) is 1. The van der Waals surface area contributed by atoms with Crippen molar-refractivity contribution in [2.75, 3.05) is 44.0 Å². The number of allylic oxidation sites excluding steroid dienone is 1. The summed E-state index contributed by atoms with van der Waals surface area (Å²) in [5, 5.41) is 9.90. The molecular formula is C32H36ClFN2O. The molecule has 3 aromatic carbocycles. The van der Waals surface area contributed by atoms with Gasteiger partial charge in [0.05, 0.1) is 0 Å². The van der Waals surface area contributed by atoms with Gasteiger partial charge in [-0.3, -0.25) is 0 Å². The number of nitrogens with zero attached hydrogens (tertiary/aromatic N) is 2. The van der Waals surface area contributed by atoms with Crippen LogP contribution in [0.5, 0.6) is 5.75 Å². The lowest BCUT2D eigenvalue weighted by molar-refractivity contribution is 0.0945. The van der Waals surface area contributed by atoms with E-state index in [1.807, 2.05) is 24.3 Å². The summed E-state index contributed by atoms with van der Waals surface area (Å²) in [6.07, 6.45) is 5.83. The zero-order chi connectivity index (χ0) is 25.8. The summed E-state index contributed by atoms with van der Waals surface area (Å²) < 4.78 is 13.7. The summed E-state index contributed by atoms with van der Waals surface area (Å²) in [6.45, 7) is 4.66. The van der Waals surface area contributed by atoms with Crippen LogP contribution in [0.1, 0.15) is 48.8 Å². The highest BCUT2D eigenvalue weighted by atomic mass is 35.5. The molecule has 3 nitrogen and oxygen atoms in total. The number of benzene rings is 3. The molecule has 2 saturated heterocycles. The van der Waals surface area contributed by atoms with Gasteiger partial charge in [0.1, 0.15) is 11.6 Å². The Bertz CT molecular complexity index is 1200. The highest BCUT2D eigenvalue weighted by Gasteiger charge is 2.36. The Morgan fingerprint density at radius 1 is 0.784 bits per heavy atom. The molecule has 5 rings (SSSR count). The number of phenolic OH excluding ortho intramolecular Hbond substituents is 1. The quantitative estimate of drug-likeness (QED) is 0.271. The maximum atomic E-state index is 13.7. The van der Waals surface area contributed by atoms with Crippen LogP contribution in [0.15, 0.2) is 72.8 Å². The normalized spacial score (nSPS) is 18.6. The zero-order valence-electron chi connectivity index (χ0n) is 21.6. The molecule has 0 atom stereocenters. The van der Waals surface area contributed by atoms with E-state index in [2.05, 4.69) is 41.1 Å². The lowest BCUT2D eigenvalue weighted by Gasteiger charge is -2.46. The number of alkyl halides is 1. The van der Waals surface area contributed by atoms with Gasteiger partial charge >= 0.3 is 0 Å². The van der Waals surface area contributed by atoms with Gasteiger partial charge in [-0.25, -0.2) is 4.39 Å². The molecule has 1 N–H and O–H groups in total. The molecule has 194 valence electrons. The van der Waals surface area contributed by atoms with Gasteiger partial charge in [0, 0.05) is 24.7 Å². The molecule has 0 unspecified atom stereocenters. The van der Waals surface area contributed by atoms with E-state index in [9.17, 15) is 9.50 Å². The van der Waals surface area contributed by atoms with Crippen LogP contribution in [0.4, 0.5) is 10.1 Å². The Morgan fingerprint density at radius 2 is 1.30 bits per heavy atom. The molecule has 1 spiro atoms. The summed E-state index contributed by atoms with van der Waals surface area (Å²) in [4.78, 5) is 4.98. The largest absolute Gasteiger partial charge is 0.508 e. The second kappa shape index (κ2) is 11.3. The Balaban J connectivity index is 1.45. The third-order valence-corrected chi connectivity index (χ3v) is 8.58. The second-order valence-corrected chi connectivity index (χ2v) is 11.1. The van der Waals surface area contributed by atoms with Crippen LogP contribution in [0.25, 0.3) is 11.1 Å². The smallest absolute Gasteiger partial charge is 0.123 e. The van der Waals surface area contributed by atoms with Crippen molar-refractivity contribution < 1.29 is 9.50 Å². The number of rotatable bonds is 6. The second-order valence-electron chi connectivity index (χ2n) is 10.7. The van der Waals surface area contributed by atoms with Crippen LogP contribution in [-0.4, -0.2) is 49.1 Å². The first-order valence-electron chi connectivity index (χ1n) is 13.3. The first-order chi connectivity index (χ1) is 18.0. The van der Waals surface area contributed by atoms with E-state index < -0.39 is 0 Å². The van der Waals surface area contributed by atoms with Gasteiger partial charge in [-0.1, -0.05) is 36.4 Å². The monoisotopic (exact) mass is 518 g/mol. The minimum atomic E-state index is -0.256. The van der Waals surface area contributed by atoms with E-state index in [1.165, 1.54) is 56.6 Å². The number of phenols is 1.